The van der Waals surface area contributed by atoms with E-state index >= 15 is 0 Å². The van der Waals surface area contributed by atoms with Crippen molar-refractivity contribution in [1.82, 2.24) is 0 Å². The average molecular weight is 699 g/mol. The molecule has 0 saturated carbocycles. The number of rotatable bonds is 5. The molecule has 10 aromatic carbocycles. The van der Waals surface area contributed by atoms with Crippen molar-refractivity contribution in [2.75, 3.05) is 0 Å². The molecule has 11 aromatic rings. The fraction of sp³-hybridized carbons (Fsp3) is 0. The molecule has 0 saturated heterocycles. The molecule has 0 aliphatic rings. The van der Waals surface area contributed by atoms with Crippen LogP contribution in [0.15, 0.2) is 211 Å². The largest absolute Gasteiger partial charge is 0.456 e. The lowest BCUT2D eigenvalue weighted by Crippen LogP contribution is -1.87. The van der Waals surface area contributed by atoms with Crippen LogP contribution in [-0.2, 0) is 0 Å². The van der Waals surface area contributed by atoms with Crippen LogP contribution in [0.1, 0.15) is 0 Å². The van der Waals surface area contributed by atoms with Gasteiger partial charge in [-0.3, -0.25) is 0 Å². The van der Waals surface area contributed by atoms with Crippen LogP contribution in [0.25, 0.3) is 110 Å². The number of furan rings is 1. The number of hydrogen-bond donors (Lipinski definition) is 0. The molecule has 0 spiro atoms. The van der Waals surface area contributed by atoms with E-state index in [2.05, 4.69) is 206 Å². The third-order valence-electron chi connectivity index (χ3n) is 11.2. The van der Waals surface area contributed by atoms with Gasteiger partial charge in [0.05, 0.1) is 0 Å². The second-order valence-electron chi connectivity index (χ2n) is 14.5. The van der Waals surface area contributed by atoms with Crippen molar-refractivity contribution in [3.8, 4) is 55.6 Å². The van der Waals surface area contributed by atoms with Crippen molar-refractivity contribution < 1.29 is 4.42 Å². The lowest BCUT2D eigenvalue weighted by atomic mass is 9.90. The molecule has 256 valence electrons. The van der Waals surface area contributed by atoms with Crippen LogP contribution < -0.4 is 0 Å². The Balaban J connectivity index is 1.09. The molecule has 1 nitrogen and oxygen atoms in total. The van der Waals surface area contributed by atoms with Gasteiger partial charge in [0.25, 0.3) is 0 Å². The van der Waals surface area contributed by atoms with Gasteiger partial charge in [0, 0.05) is 10.8 Å². The molecule has 0 fully saturated rings. The summed E-state index contributed by atoms with van der Waals surface area (Å²) in [5.74, 6) is 0. The molecule has 0 radical (unpaired) electrons. The van der Waals surface area contributed by atoms with Gasteiger partial charge in [-0.25, -0.2) is 0 Å². The topological polar surface area (TPSA) is 13.1 Å². The molecule has 0 atom stereocenters. The quantitative estimate of drug-likeness (QED) is 0.163. The van der Waals surface area contributed by atoms with Crippen molar-refractivity contribution in [3.63, 3.8) is 0 Å². The molecular weight excluding hydrogens is 665 g/mol. The van der Waals surface area contributed by atoms with E-state index in [1.165, 1.54) is 82.4 Å². The van der Waals surface area contributed by atoms with Crippen molar-refractivity contribution in [2.45, 2.75) is 0 Å². The Kier molecular flexibility index (Phi) is 7.25. The van der Waals surface area contributed by atoms with Gasteiger partial charge in [-0.2, -0.15) is 0 Å². The zero-order valence-corrected chi connectivity index (χ0v) is 30.0. The van der Waals surface area contributed by atoms with E-state index in [0.717, 1.165) is 27.5 Å². The first-order valence-corrected chi connectivity index (χ1v) is 18.9. The molecule has 11 rings (SSSR count). The van der Waals surface area contributed by atoms with Crippen molar-refractivity contribution >= 4 is 54.3 Å². The minimum atomic E-state index is 0.887. The maximum atomic E-state index is 6.56. The highest BCUT2D eigenvalue weighted by Gasteiger charge is 2.17. The Morgan fingerprint density at radius 3 is 1.31 bits per heavy atom. The second-order valence-corrected chi connectivity index (χ2v) is 14.5. The predicted octanol–water partition coefficient (Wildman–Crippen LogP) is 15.4. The average Bonchev–Trinajstić information content (AvgIpc) is 3.65. The lowest BCUT2D eigenvalue weighted by Gasteiger charge is -2.13. The highest BCUT2D eigenvalue weighted by molar-refractivity contribution is 6.26. The summed E-state index contributed by atoms with van der Waals surface area (Å²) in [5, 5.41) is 9.91. The maximum absolute atomic E-state index is 6.56. The summed E-state index contributed by atoms with van der Waals surface area (Å²) in [5.41, 5.74) is 13.6. The molecule has 1 aromatic heterocycles. The van der Waals surface area contributed by atoms with E-state index < -0.39 is 0 Å². The Morgan fingerprint density at radius 2 is 0.655 bits per heavy atom. The van der Waals surface area contributed by atoms with E-state index in [-0.39, 0.29) is 0 Å². The van der Waals surface area contributed by atoms with E-state index in [1.807, 2.05) is 0 Å². The first-order chi connectivity index (χ1) is 27.2. The molecular formula is C54H34O. The first kappa shape index (κ1) is 31.3. The number of fused-ring (bicyclic) bond motifs is 9. The summed E-state index contributed by atoms with van der Waals surface area (Å²) < 4.78 is 6.56. The Hall–Kier alpha value is -7.22. The zero-order chi connectivity index (χ0) is 36.3. The molecule has 0 aliphatic carbocycles. The van der Waals surface area contributed by atoms with E-state index in [0.29, 0.717) is 0 Å². The lowest BCUT2D eigenvalue weighted by molar-refractivity contribution is 0.669. The van der Waals surface area contributed by atoms with Gasteiger partial charge in [0.15, 0.2) is 0 Å². The smallest absolute Gasteiger partial charge is 0.136 e. The molecule has 0 N–H and O–H groups in total. The van der Waals surface area contributed by atoms with Crippen LogP contribution in [0, 0.1) is 0 Å². The fourth-order valence-electron chi connectivity index (χ4n) is 8.59. The summed E-state index contributed by atoms with van der Waals surface area (Å²) in [7, 11) is 0. The van der Waals surface area contributed by atoms with E-state index in [9.17, 15) is 0 Å². The molecule has 0 aliphatic heterocycles. The molecule has 0 bridgehead atoms. The van der Waals surface area contributed by atoms with Crippen LogP contribution in [0.4, 0.5) is 0 Å². The van der Waals surface area contributed by atoms with Gasteiger partial charge < -0.3 is 4.42 Å². The van der Waals surface area contributed by atoms with Crippen LogP contribution in [0.5, 0.6) is 0 Å². The second kappa shape index (κ2) is 12.7. The van der Waals surface area contributed by atoms with Crippen LogP contribution in [-0.4, -0.2) is 0 Å². The summed E-state index contributed by atoms with van der Waals surface area (Å²) >= 11 is 0. The van der Waals surface area contributed by atoms with Gasteiger partial charge in [-0.1, -0.05) is 158 Å². The van der Waals surface area contributed by atoms with Gasteiger partial charge in [0.1, 0.15) is 11.2 Å². The molecule has 1 heteroatoms. The summed E-state index contributed by atoms with van der Waals surface area (Å²) in [6, 6.07) is 74.7. The fourth-order valence-corrected chi connectivity index (χ4v) is 8.59. The SMILES string of the molecule is c1ccc(-c2cccc(-c3cc(-c4ccccc4)cc(-c4ccc5oc6cccc(-c7ccc8c9ccccc9c9ccccc9c8c7)c6c5c4)c3)c2)cc1. The number of hydrogen-bond acceptors (Lipinski definition) is 1. The highest BCUT2D eigenvalue weighted by atomic mass is 16.3. The highest BCUT2D eigenvalue weighted by Crippen LogP contribution is 2.42. The Labute approximate surface area is 319 Å². The Morgan fingerprint density at radius 1 is 0.218 bits per heavy atom. The van der Waals surface area contributed by atoms with Crippen LogP contribution in [0.3, 0.4) is 0 Å². The van der Waals surface area contributed by atoms with Crippen LogP contribution >= 0.6 is 0 Å². The summed E-state index contributed by atoms with van der Waals surface area (Å²) in [4.78, 5) is 0. The summed E-state index contributed by atoms with van der Waals surface area (Å²) in [6.07, 6.45) is 0. The maximum Gasteiger partial charge on any atom is 0.136 e. The normalized spacial score (nSPS) is 11.6. The molecule has 0 unspecified atom stereocenters. The third-order valence-corrected chi connectivity index (χ3v) is 11.2. The third kappa shape index (κ3) is 5.32. The number of benzene rings is 10. The first-order valence-electron chi connectivity index (χ1n) is 18.9. The predicted molar refractivity (Wildman–Crippen MR) is 233 cm³/mol. The standard InChI is InChI=1S/C54H34O/c1-3-13-35(14-4-1)37-17-11-18-38(29-37)42-30-41(36-15-5-2-6-16-36)31-43(32-42)39-26-28-52-51(33-39)54-44(23-12-24-53(54)55-52)40-25-27-49-47-21-8-7-19-45(47)46-20-9-10-22-48(46)50(49)34-40/h1-34H. The van der Waals surface area contributed by atoms with Crippen LogP contribution in [0.2, 0.25) is 0 Å². The van der Waals surface area contributed by atoms with Crippen molar-refractivity contribution in [2.24, 2.45) is 0 Å². The van der Waals surface area contributed by atoms with Gasteiger partial charge in [0.2, 0.25) is 0 Å². The monoisotopic (exact) mass is 698 g/mol. The van der Waals surface area contributed by atoms with E-state index in [4.69, 9.17) is 4.42 Å². The molecule has 1 heterocycles. The molecule has 55 heavy (non-hydrogen) atoms. The zero-order valence-electron chi connectivity index (χ0n) is 30.0. The van der Waals surface area contributed by atoms with Crippen molar-refractivity contribution in [1.29, 1.82) is 0 Å². The van der Waals surface area contributed by atoms with Gasteiger partial charge >= 0.3 is 0 Å². The van der Waals surface area contributed by atoms with E-state index in [1.54, 1.807) is 0 Å². The molecule has 0 amide bonds. The van der Waals surface area contributed by atoms with Crippen molar-refractivity contribution in [3.05, 3.63) is 206 Å². The Bertz CT molecular complexity index is 3210. The minimum Gasteiger partial charge on any atom is -0.456 e. The van der Waals surface area contributed by atoms with Gasteiger partial charge in [-0.15, -0.1) is 0 Å². The van der Waals surface area contributed by atoms with Gasteiger partial charge in [-0.05, 0) is 136 Å². The minimum absolute atomic E-state index is 0.887. The summed E-state index contributed by atoms with van der Waals surface area (Å²) in [6.45, 7) is 0.